The zero-order chi connectivity index (χ0) is 18.3. The van der Waals surface area contributed by atoms with Crippen LogP contribution >= 0.6 is 0 Å². The number of halogens is 3. The van der Waals surface area contributed by atoms with Gasteiger partial charge in [-0.05, 0) is 20.0 Å². The second-order valence-corrected chi connectivity index (χ2v) is 5.18. The number of imide groups is 1. The quantitative estimate of drug-likeness (QED) is 0.827. The molecule has 24 heavy (non-hydrogen) atoms. The van der Waals surface area contributed by atoms with Gasteiger partial charge in [-0.1, -0.05) is 18.2 Å². The van der Waals surface area contributed by atoms with E-state index < -0.39 is 24.7 Å². The van der Waals surface area contributed by atoms with Gasteiger partial charge in [0, 0.05) is 11.6 Å². The molecule has 0 spiro atoms. The molecule has 134 valence electrons. The van der Waals surface area contributed by atoms with E-state index in [2.05, 4.69) is 0 Å². The molecular formula is C15H20F3N3O3. The standard InChI is InChI=1S/C15H20F3N3O3/c1-10(11-6-4-5-7-12(11)24-3)21(2)8-13(22)20-14(23)19-9-15(16,17)18/h4-7,10H,8-9H2,1-3H3,(H2,19,20,22,23). The van der Waals surface area contributed by atoms with Crippen molar-refractivity contribution >= 4 is 11.9 Å². The number of hydrogen-bond acceptors (Lipinski definition) is 4. The monoisotopic (exact) mass is 347 g/mol. The van der Waals surface area contributed by atoms with Crippen LogP contribution in [0.2, 0.25) is 0 Å². The van der Waals surface area contributed by atoms with Crippen molar-refractivity contribution in [2.75, 3.05) is 27.2 Å². The largest absolute Gasteiger partial charge is 0.496 e. The van der Waals surface area contributed by atoms with E-state index in [0.29, 0.717) is 5.75 Å². The zero-order valence-electron chi connectivity index (χ0n) is 13.6. The lowest BCUT2D eigenvalue weighted by Crippen LogP contribution is -2.46. The maximum atomic E-state index is 12.0. The summed E-state index contributed by atoms with van der Waals surface area (Å²) in [6, 6.07) is 5.87. The first-order valence-electron chi connectivity index (χ1n) is 7.11. The van der Waals surface area contributed by atoms with E-state index in [4.69, 9.17) is 4.74 Å². The molecule has 0 heterocycles. The minimum atomic E-state index is -4.53. The Bertz CT molecular complexity index is 579. The number of carbonyl (C=O) groups excluding carboxylic acids is 2. The number of methoxy groups -OCH3 is 1. The Labute approximate surface area is 138 Å². The molecule has 0 fully saturated rings. The van der Waals surface area contributed by atoms with Crippen molar-refractivity contribution in [1.29, 1.82) is 0 Å². The minimum Gasteiger partial charge on any atom is -0.496 e. The lowest BCUT2D eigenvalue weighted by Gasteiger charge is -2.25. The van der Waals surface area contributed by atoms with Crippen molar-refractivity contribution in [3.05, 3.63) is 29.8 Å². The van der Waals surface area contributed by atoms with Gasteiger partial charge in [0.25, 0.3) is 0 Å². The molecule has 6 nitrogen and oxygen atoms in total. The van der Waals surface area contributed by atoms with Gasteiger partial charge in [-0.25, -0.2) is 4.79 Å². The van der Waals surface area contributed by atoms with Crippen molar-refractivity contribution < 1.29 is 27.5 Å². The Morgan fingerprint density at radius 3 is 2.50 bits per heavy atom. The van der Waals surface area contributed by atoms with Crippen LogP contribution < -0.4 is 15.4 Å². The molecule has 0 bridgehead atoms. The van der Waals surface area contributed by atoms with Crippen LogP contribution in [0.5, 0.6) is 5.75 Å². The van der Waals surface area contributed by atoms with Gasteiger partial charge in [0.2, 0.25) is 5.91 Å². The topological polar surface area (TPSA) is 70.7 Å². The molecule has 1 unspecified atom stereocenters. The number of carbonyl (C=O) groups is 2. The van der Waals surface area contributed by atoms with Crippen molar-refractivity contribution in [3.8, 4) is 5.75 Å². The summed E-state index contributed by atoms with van der Waals surface area (Å²) in [5, 5.41) is 3.43. The number of likely N-dealkylation sites (N-methyl/N-ethyl adjacent to an activating group) is 1. The van der Waals surface area contributed by atoms with E-state index in [9.17, 15) is 22.8 Å². The highest BCUT2D eigenvalue weighted by molar-refractivity contribution is 5.95. The van der Waals surface area contributed by atoms with Crippen LogP contribution in [-0.4, -0.2) is 50.3 Å². The predicted octanol–water partition coefficient (Wildman–Crippen LogP) is 2.08. The van der Waals surface area contributed by atoms with Gasteiger partial charge >= 0.3 is 12.2 Å². The molecule has 2 N–H and O–H groups in total. The maximum Gasteiger partial charge on any atom is 0.405 e. The van der Waals surface area contributed by atoms with Gasteiger partial charge in [-0.15, -0.1) is 0 Å². The molecule has 0 aliphatic heterocycles. The lowest BCUT2D eigenvalue weighted by molar-refractivity contribution is -0.125. The third-order valence-electron chi connectivity index (χ3n) is 3.35. The number of urea groups is 1. The van der Waals surface area contributed by atoms with Gasteiger partial charge in [-0.2, -0.15) is 13.2 Å². The summed E-state index contributed by atoms with van der Waals surface area (Å²) in [4.78, 5) is 24.6. The predicted molar refractivity (Wildman–Crippen MR) is 81.6 cm³/mol. The fourth-order valence-corrected chi connectivity index (χ4v) is 2.00. The van der Waals surface area contributed by atoms with Gasteiger partial charge in [0.15, 0.2) is 0 Å². The Kier molecular flexibility index (Phi) is 7.02. The highest BCUT2D eigenvalue weighted by atomic mass is 19.4. The van der Waals surface area contributed by atoms with Gasteiger partial charge in [0.05, 0.1) is 13.7 Å². The normalized spacial score (nSPS) is 12.6. The molecule has 0 saturated heterocycles. The highest BCUT2D eigenvalue weighted by Crippen LogP contribution is 2.27. The van der Waals surface area contributed by atoms with Crippen LogP contribution in [0.15, 0.2) is 24.3 Å². The van der Waals surface area contributed by atoms with E-state index in [0.717, 1.165) is 5.56 Å². The van der Waals surface area contributed by atoms with Gasteiger partial charge in [0.1, 0.15) is 12.3 Å². The molecule has 1 atom stereocenters. The summed E-state index contributed by atoms with van der Waals surface area (Å²) in [5.41, 5.74) is 0.844. The van der Waals surface area contributed by atoms with E-state index >= 15 is 0 Å². The number of para-hydroxylation sites is 1. The molecule has 1 aromatic rings. The molecule has 3 amide bonds. The number of benzene rings is 1. The van der Waals surface area contributed by atoms with Crippen LogP contribution in [0.4, 0.5) is 18.0 Å². The van der Waals surface area contributed by atoms with Crippen molar-refractivity contribution in [2.24, 2.45) is 0 Å². The summed E-state index contributed by atoms with van der Waals surface area (Å²) < 4.78 is 41.2. The average Bonchev–Trinajstić information content (AvgIpc) is 2.51. The fourth-order valence-electron chi connectivity index (χ4n) is 2.00. The first-order chi connectivity index (χ1) is 11.1. The van der Waals surface area contributed by atoms with Crippen LogP contribution in [-0.2, 0) is 4.79 Å². The van der Waals surface area contributed by atoms with Gasteiger partial charge in [-0.3, -0.25) is 15.0 Å². The van der Waals surface area contributed by atoms with Gasteiger partial charge < -0.3 is 10.1 Å². The summed E-state index contributed by atoms with van der Waals surface area (Å²) >= 11 is 0. The number of amides is 3. The second kappa shape index (κ2) is 8.53. The number of ether oxygens (including phenoxy) is 1. The molecule has 0 aliphatic carbocycles. The maximum absolute atomic E-state index is 12.0. The molecule has 1 rings (SSSR count). The molecule has 0 aliphatic rings. The zero-order valence-corrected chi connectivity index (χ0v) is 13.6. The third-order valence-corrected chi connectivity index (χ3v) is 3.35. The number of rotatable bonds is 6. The Balaban J connectivity index is 2.55. The minimum absolute atomic E-state index is 0.168. The van der Waals surface area contributed by atoms with E-state index in [1.807, 2.05) is 30.4 Å². The molecule has 0 saturated carbocycles. The second-order valence-electron chi connectivity index (χ2n) is 5.18. The smallest absolute Gasteiger partial charge is 0.405 e. The third kappa shape index (κ3) is 6.45. The van der Waals surface area contributed by atoms with Crippen LogP contribution in [0, 0.1) is 0 Å². The first kappa shape index (κ1) is 19.8. The number of nitrogens with one attached hydrogen (secondary N) is 2. The lowest BCUT2D eigenvalue weighted by atomic mass is 10.1. The Morgan fingerprint density at radius 2 is 1.92 bits per heavy atom. The molecule has 0 radical (unpaired) electrons. The molecule has 9 heteroatoms. The summed E-state index contributed by atoms with van der Waals surface area (Å²) in [5.74, 6) is -0.0564. The SMILES string of the molecule is COc1ccccc1C(C)N(C)CC(=O)NC(=O)NCC(F)(F)F. The Hall–Kier alpha value is -2.29. The molecule has 0 aromatic heterocycles. The van der Waals surface area contributed by atoms with Crippen molar-refractivity contribution in [3.63, 3.8) is 0 Å². The highest BCUT2D eigenvalue weighted by Gasteiger charge is 2.28. The molecule has 1 aromatic carbocycles. The average molecular weight is 347 g/mol. The van der Waals surface area contributed by atoms with E-state index in [1.165, 1.54) is 7.11 Å². The number of alkyl halides is 3. The fraction of sp³-hybridized carbons (Fsp3) is 0.467. The number of nitrogens with zero attached hydrogens (tertiary/aromatic N) is 1. The summed E-state index contributed by atoms with van der Waals surface area (Å²) in [7, 11) is 3.19. The summed E-state index contributed by atoms with van der Waals surface area (Å²) in [6.45, 7) is 0.174. The van der Waals surface area contributed by atoms with Crippen LogP contribution in [0.1, 0.15) is 18.5 Å². The first-order valence-corrected chi connectivity index (χ1v) is 7.11. The van der Waals surface area contributed by atoms with E-state index in [-0.39, 0.29) is 12.6 Å². The van der Waals surface area contributed by atoms with Crippen LogP contribution in [0.3, 0.4) is 0 Å². The Morgan fingerprint density at radius 1 is 1.29 bits per heavy atom. The number of hydrogen-bond donors (Lipinski definition) is 2. The van der Waals surface area contributed by atoms with Crippen molar-refractivity contribution in [1.82, 2.24) is 15.5 Å². The van der Waals surface area contributed by atoms with E-state index in [1.54, 1.807) is 23.3 Å². The van der Waals surface area contributed by atoms with Crippen molar-refractivity contribution in [2.45, 2.75) is 19.1 Å². The molecular weight excluding hydrogens is 327 g/mol. The summed E-state index contributed by atoms with van der Waals surface area (Å²) in [6.07, 6.45) is -4.53. The van der Waals surface area contributed by atoms with Crippen LogP contribution in [0.25, 0.3) is 0 Å².